The van der Waals surface area contributed by atoms with Crippen LogP contribution in [0.1, 0.15) is 56.1 Å². The van der Waals surface area contributed by atoms with Gasteiger partial charge in [-0.15, -0.1) is 0 Å². The van der Waals surface area contributed by atoms with Gasteiger partial charge in [0.2, 0.25) is 5.91 Å². The maximum atomic E-state index is 12.5. The minimum Gasteiger partial charge on any atom is -0.468 e. The Morgan fingerprint density at radius 2 is 1.77 bits per heavy atom. The van der Waals surface area contributed by atoms with E-state index in [1.165, 1.54) is 50.3 Å². The first kappa shape index (κ1) is 17.6. The molecule has 4 aliphatic carbocycles. The summed E-state index contributed by atoms with van der Waals surface area (Å²) in [6.45, 7) is 2.11. The molecule has 1 amide bonds. The van der Waals surface area contributed by atoms with Crippen LogP contribution in [-0.2, 0) is 19.7 Å². The lowest BCUT2D eigenvalue weighted by Crippen LogP contribution is -2.55. The van der Waals surface area contributed by atoms with Crippen molar-refractivity contribution in [3.63, 3.8) is 0 Å². The minimum atomic E-state index is -0.389. The summed E-state index contributed by atoms with van der Waals surface area (Å²) in [6, 6.07) is 9.08. The maximum Gasteiger partial charge on any atom is 0.325 e. The van der Waals surface area contributed by atoms with Gasteiger partial charge < -0.3 is 10.1 Å². The van der Waals surface area contributed by atoms with Gasteiger partial charge in [0.25, 0.3) is 0 Å². The number of methoxy groups -OCH3 is 1. The number of nitrogens with one attached hydrogen (secondary N) is 1. The highest BCUT2D eigenvalue weighted by Crippen LogP contribution is 2.66. The summed E-state index contributed by atoms with van der Waals surface area (Å²) >= 11 is 0. The van der Waals surface area contributed by atoms with Gasteiger partial charge in [-0.2, -0.15) is 0 Å². The maximum absolute atomic E-state index is 12.5. The largest absolute Gasteiger partial charge is 0.468 e. The van der Waals surface area contributed by atoms with Crippen LogP contribution in [0.4, 0.5) is 0 Å². The van der Waals surface area contributed by atoms with Gasteiger partial charge in [0, 0.05) is 6.42 Å². The molecule has 4 saturated carbocycles. The van der Waals surface area contributed by atoms with E-state index in [0.29, 0.717) is 6.42 Å². The number of carbonyl (C=O) groups excluding carboxylic acids is 2. The van der Waals surface area contributed by atoms with Crippen molar-refractivity contribution < 1.29 is 14.3 Å². The van der Waals surface area contributed by atoms with Crippen molar-refractivity contribution in [2.24, 2.45) is 17.3 Å². The molecule has 0 radical (unpaired) electrons. The van der Waals surface area contributed by atoms with Gasteiger partial charge >= 0.3 is 5.97 Å². The van der Waals surface area contributed by atoms with Gasteiger partial charge in [0.05, 0.1) is 7.11 Å². The van der Waals surface area contributed by atoms with Gasteiger partial charge in [-0.25, -0.2) is 0 Å². The Balaban J connectivity index is 1.53. The van der Waals surface area contributed by atoms with E-state index in [-0.39, 0.29) is 29.3 Å². The third-order valence-corrected chi connectivity index (χ3v) is 7.04. The first-order valence-corrected chi connectivity index (χ1v) is 9.83. The van der Waals surface area contributed by atoms with E-state index in [1.807, 2.05) is 0 Å². The van der Waals surface area contributed by atoms with Crippen LogP contribution in [0.2, 0.25) is 0 Å². The fourth-order valence-electron chi connectivity index (χ4n) is 6.55. The third kappa shape index (κ3) is 3.15. The van der Waals surface area contributed by atoms with Crippen LogP contribution in [0, 0.1) is 24.2 Å². The van der Waals surface area contributed by atoms with E-state index in [1.54, 1.807) is 0 Å². The number of hydrogen-bond acceptors (Lipinski definition) is 3. The Morgan fingerprint density at radius 1 is 1.12 bits per heavy atom. The zero-order valence-electron chi connectivity index (χ0n) is 15.8. The highest BCUT2D eigenvalue weighted by atomic mass is 16.5. The molecule has 0 spiro atoms. The minimum absolute atomic E-state index is 0.00333. The predicted octanol–water partition coefficient (Wildman–Crippen LogP) is 3.51. The molecule has 4 atom stereocenters. The Morgan fingerprint density at radius 3 is 2.38 bits per heavy atom. The van der Waals surface area contributed by atoms with Gasteiger partial charge in [0.15, 0.2) is 0 Å². The van der Waals surface area contributed by atoms with Crippen LogP contribution in [0.3, 0.4) is 0 Å². The summed E-state index contributed by atoms with van der Waals surface area (Å²) in [5, 5.41) is 2.75. The predicted molar refractivity (Wildman–Crippen MR) is 99.6 cm³/mol. The van der Waals surface area contributed by atoms with Crippen LogP contribution in [0.25, 0.3) is 0 Å². The number of hydrogen-bond donors (Lipinski definition) is 1. The van der Waals surface area contributed by atoms with E-state index in [2.05, 4.69) is 41.2 Å². The Labute approximate surface area is 155 Å². The van der Waals surface area contributed by atoms with E-state index < -0.39 is 0 Å². The molecule has 1 aromatic rings. The molecule has 5 rings (SSSR count). The molecule has 4 aliphatic rings. The second kappa shape index (κ2) is 6.40. The molecule has 4 bridgehead atoms. The lowest BCUT2D eigenvalue weighted by molar-refractivity contribution is -0.142. The molecule has 26 heavy (non-hydrogen) atoms. The van der Waals surface area contributed by atoms with Crippen molar-refractivity contribution in [2.75, 3.05) is 13.7 Å². The van der Waals surface area contributed by atoms with Crippen LogP contribution in [0.5, 0.6) is 0 Å². The summed E-state index contributed by atoms with van der Waals surface area (Å²) in [5.74, 6) is 1.09. The molecule has 2 unspecified atom stereocenters. The highest BCUT2D eigenvalue weighted by Gasteiger charge is 2.58. The number of ether oxygens (including phenoxy) is 1. The van der Waals surface area contributed by atoms with Crippen molar-refractivity contribution in [1.29, 1.82) is 0 Å². The van der Waals surface area contributed by atoms with Gasteiger partial charge in [0.1, 0.15) is 6.54 Å². The topological polar surface area (TPSA) is 55.4 Å². The van der Waals surface area contributed by atoms with Crippen LogP contribution in [0.15, 0.2) is 24.3 Å². The van der Waals surface area contributed by atoms with Gasteiger partial charge in [-0.1, -0.05) is 29.8 Å². The molecule has 4 heteroatoms. The average molecular weight is 355 g/mol. The standard InChI is InChI=1S/C22H29NO3/c1-15-3-5-18(6-4-15)22-10-16-7-17(11-22)9-21(8-16,14-22)12-19(24)23-13-20(25)26-2/h3-6,16-17H,7-14H2,1-2H3,(H,23,24)/t16-,17+,21?,22?. The first-order chi connectivity index (χ1) is 12.4. The van der Waals surface area contributed by atoms with Crippen molar-refractivity contribution in [2.45, 2.75) is 57.3 Å². The van der Waals surface area contributed by atoms with Crippen LogP contribution in [-0.4, -0.2) is 25.5 Å². The number of rotatable bonds is 5. The Hall–Kier alpha value is -1.84. The van der Waals surface area contributed by atoms with Gasteiger partial charge in [-0.3, -0.25) is 9.59 Å². The van der Waals surface area contributed by atoms with Crippen molar-refractivity contribution >= 4 is 11.9 Å². The summed E-state index contributed by atoms with van der Waals surface area (Å²) in [5.41, 5.74) is 3.13. The molecule has 4 nitrogen and oxygen atoms in total. The summed E-state index contributed by atoms with van der Waals surface area (Å²) < 4.78 is 4.62. The Kier molecular flexibility index (Phi) is 4.32. The molecule has 1 N–H and O–H groups in total. The molecule has 0 aromatic heterocycles. The fraction of sp³-hybridized carbons (Fsp3) is 0.636. The zero-order valence-corrected chi connectivity index (χ0v) is 15.8. The highest BCUT2D eigenvalue weighted by molar-refractivity contribution is 5.82. The normalized spacial score (nSPS) is 34.5. The van der Waals surface area contributed by atoms with E-state index in [4.69, 9.17) is 0 Å². The van der Waals surface area contributed by atoms with E-state index in [0.717, 1.165) is 18.3 Å². The summed E-state index contributed by atoms with van der Waals surface area (Å²) in [4.78, 5) is 23.8. The number of aryl methyl sites for hydroxylation is 1. The second-order valence-electron chi connectivity index (χ2n) is 9.14. The van der Waals surface area contributed by atoms with Gasteiger partial charge in [-0.05, 0) is 73.7 Å². The smallest absolute Gasteiger partial charge is 0.325 e. The second-order valence-corrected chi connectivity index (χ2v) is 9.14. The van der Waals surface area contributed by atoms with Crippen LogP contribution >= 0.6 is 0 Å². The number of carbonyl (C=O) groups is 2. The van der Waals surface area contributed by atoms with Crippen molar-refractivity contribution in [1.82, 2.24) is 5.32 Å². The SMILES string of the molecule is COC(=O)CNC(=O)CC12C[C@H]3C[C@@H](C1)CC(c1ccc(C)cc1)(C3)C2. The first-order valence-electron chi connectivity index (χ1n) is 9.83. The number of benzene rings is 1. The van der Waals surface area contributed by atoms with Crippen LogP contribution < -0.4 is 5.32 Å². The quantitative estimate of drug-likeness (QED) is 0.822. The molecular formula is C22H29NO3. The average Bonchev–Trinajstić information content (AvgIpc) is 2.58. The summed E-state index contributed by atoms with van der Waals surface area (Å²) in [7, 11) is 1.35. The molecule has 0 saturated heterocycles. The fourth-order valence-corrected chi connectivity index (χ4v) is 6.55. The molecule has 1 aromatic carbocycles. The zero-order chi connectivity index (χ0) is 18.4. The van der Waals surface area contributed by atoms with E-state index >= 15 is 0 Å². The monoisotopic (exact) mass is 355 g/mol. The molecule has 140 valence electrons. The van der Waals surface area contributed by atoms with Crippen molar-refractivity contribution in [3.8, 4) is 0 Å². The molecular weight excluding hydrogens is 326 g/mol. The van der Waals surface area contributed by atoms with E-state index in [9.17, 15) is 9.59 Å². The lowest BCUT2D eigenvalue weighted by Gasteiger charge is -2.62. The summed E-state index contributed by atoms with van der Waals surface area (Å²) in [6.07, 6.45) is 7.88. The third-order valence-electron chi connectivity index (χ3n) is 7.04. The Bertz CT molecular complexity index is 695. The molecule has 0 heterocycles. The number of amides is 1. The molecule has 0 aliphatic heterocycles. The number of esters is 1. The van der Waals surface area contributed by atoms with Crippen molar-refractivity contribution in [3.05, 3.63) is 35.4 Å². The molecule has 4 fully saturated rings. The lowest BCUT2D eigenvalue weighted by atomic mass is 9.42.